The first-order valence-electron chi connectivity index (χ1n) is 8.43. The zero-order chi connectivity index (χ0) is 18.8. The van der Waals surface area contributed by atoms with Crippen molar-refractivity contribution in [1.82, 2.24) is 15.3 Å². The molecule has 1 aromatic heterocycles. The first kappa shape index (κ1) is 19.9. The van der Waals surface area contributed by atoms with Gasteiger partial charge < -0.3 is 20.1 Å². The van der Waals surface area contributed by atoms with Gasteiger partial charge in [-0.05, 0) is 63.4 Å². The highest BCUT2D eigenvalue weighted by Gasteiger charge is 2.34. The number of hydrogen-bond donors (Lipinski definition) is 2. The largest absolute Gasteiger partial charge is 0.444 e. The molecule has 1 aliphatic rings. The van der Waals surface area contributed by atoms with Gasteiger partial charge in [0.2, 0.25) is 0 Å². The third kappa shape index (κ3) is 5.28. The Hall–Kier alpha value is -1.41. The summed E-state index contributed by atoms with van der Waals surface area (Å²) in [6.45, 7) is 10.7. The summed E-state index contributed by atoms with van der Waals surface area (Å²) in [4.78, 5) is 23.1. The molecule has 0 bridgehead atoms. The number of carbonyl (C=O) groups excluding carboxylic acids is 1. The molecule has 0 radical (unpaired) electrons. The second-order valence-corrected chi connectivity index (χ2v) is 8.45. The second kappa shape index (κ2) is 7.45. The summed E-state index contributed by atoms with van der Waals surface area (Å²) in [5.74, 6) is 0.711. The Kier molecular flexibility index (Phi) is 5.93. The van der Waals surface area contributed by atoms with Gasteiger partial charge in [-0.15, -0.1) is 0 Å². The number of anilines is 1. The van der Waals surface area contributed by atoms with Crippen LogP contribution in [0.1, 0.15) is 51.9 Å². The maximum Gasteiger partial charge on any atom is 0.408 e. The number of carbonyl (C=O) groups is 1. The van der Waals surface area contributed by atoms with Crippen molar-refractivity contribution in [1.29, 1.82) is 0 Å². The molecule has 2 rings (SSSR count). The Labute approximate surface area is 157 Å². The fraction of sp³-hybridized carbons (Fsp3) is 0.706. The number of hydrogen-bond acceptors (Lipinski definition) is 6. The molecular weight excluding hydrogens is 388 g/mol. The highest BCUT2D eigenvalue weighted by Crippen LogP contribution is 2.28. The lowest BCUT2D eigenvalue weighted by atomic mass is 9.89. The summed E-state index contributed by atoms with van der Waals surface area (Å²) in [6, 6.07) is 0. The third-order valence-corrected chi connectivity index (χ3v) is 4.93. The van der Waals surface area contributed by atoms with Gasteiger partial charge in [0.05, 0.1) is 12.3 Å². The van der Waals surface area contributed by atoms with Gasteiger partial charge >= 0.3 is 6.09 Å². The van der Waals surface area contributed by atoms with E-state index in [9.17, 15) is 9.90 Å². The van der Waals surface area contributed by atoms with Crippen molar-refractivity contribution in [3.63, 3.8) is 0 Å². The van der Waals surface area contributed by atoms with Crippen LogP contribution in [0.3, 0.4) is 0 Å². The zero-order valence-corrected chi connectivity index (χ0v) is 17.1. The number of ether oxygens (including phenoxy) is 1. The molecule has 2 N–H and O–H groups in total. The second-order valence-electron chi connectivity index (χ2n) is 7.70. The van der Waals surface area contributed by atoms with Crippen LogP contribution in [0.4, 0.5) is 10.6 Å². The van der Waals surface area contributed by atoms with Crippen molar-refractivity contribution >= 4 is 27.8 Å². The molecule has 0 atom stereocenters. The average molecular weight is 415 g/mol. The fourth-order valence-electron chi connectivity index (χ4n) is 2.77. The van der Waals surface area contributed by atoms with Crippen molar-refractivity contribution in [2.24, 2.45) is 0 Å². The van der Waals surface area contributed by atoms with Crippen LogP contribution in [0.2, 0.25) is 0 Å². The number of rotatable bonds is 3. The lowest BCUT2D eigenvalue weighted by molar-refractivity contribution is 0.0448. The van der Waals surface area contributed by atoms with Crippen LogP contribution < -0.4 is 10.2 Å². The van der Waals surface area contributed by atoms with Gasteiger partial charge in [-0.25, -0.2) is 14.8 Å². The van der Waals surface area contributed by atoms with E-state index in [0.29, 0.717) is 16.1 Å². The molecule has 8 heteroatoms. The Bertz CT molecular complexity index is 638. The lowest BCUT2D eigenvalue weighted by Crippen LogP contribution is -2.54. The highest BCUT2D eigenvalue weighted by atomic mass is 79.9. The summed E-state index contributed by atoms with van der Waals surface area (Å²) in [6.07, 6.45) is 1.13. The number of aryl methyl sites for hydroxylation is 1. The SMILES string of the molecule is Cc1nc(N2CCC(C)(NC(=O)OC(C)(C)C)CC2)c(CO)nc1Br. The van der Waals surface area contributed by atoms with E-state index in [2.05, 4.69) is 36.1 Å². The molecule has 0 unspecified atom stereocenters. The molecule has 0 aromatic carbocycles. The van der Waals surface area contributed by atoms with Gasteiger partial charge in [-0.2, -0.15) is 0 Å². The van der Waals surface area contributed by atoms with Crippen LogP contribution >= 0.6 is 15.9 Å². The number of alkyl carbamates (subject to hydrolysis) is 1. The number of aliphatic hydroxyl groups excluding tert-OH is 1. The maximum absolute atomic E-state index is 12.1. The van der Waals surface area contributed by atoms with Gasteiger partial charge in [0.25, 0.3) is 0 Å². The van der Waals surface area contributed by atoms with Crippen molar-refractivity contribution in [3.8, 4) is 0 Å². The van der Waals surface area contributed by atoms with Crippen LogP contribution in [0, 0.1) is 6.92 Å². The molecule has 1 saturated heterocycles. The van der Waals surface area contributed by atoms with E-state index < -0.39 is 11.7 Å². The zero-order valence-electron chi connectivity index (χ0n) is 15.5. The molecule has 1 aliphatic heterocycles. The van der Waals surface area contributed by atoms with Crippen LogP contribution in [0.15, 0.2) is 4.60 Å². The number of amides is 1. The minimum absolute atomic E-state index is 0.162. The normalized spacial score (nSPS) is 17.3. The van der Waals surface area contributed by atoms with E-state index in [4.69, 9.17) is 4.74 Å². The lowest BCUT2D eigenvalue weighted by Gasteiger charge is -2.40. The number of aliphatic hydroxyl groups is 1. The average Bonchev–Trinajstić information content (AvgIpc) is 2.48. The maximum atomic E-state index is 12.1. The van der Waals surface area contributed by atoms with Gasteiger partial charge in [0.15, 0.2) is 5.82 Å². The van der Waals surface area contributed by atoms with Gasteiger partial charge in [0.1, 0.15) is 15.9 Å². The van der Waals surface area contributed by atoms with Crippen molar-refractivity contribution in [2.75, 3.05) is 18.0 Å². The van der Waals surface area contributed by atoms with Crippen LogP contribution in [-0.4, -0.2) is 45.4 Å². The minimum Gasteiger partial charge on any atom is -0.444 e. The summed E-state index contributed by atoms with van der Waals surface area (Å²) < 4.78 is 6.01. The van der Waals surface area contributed by atoms with E-state index in [-0.39, 0.29) is 12.1 Å². The molecule has 1 aromatic rings. The number of halogens is 1. The number of aromatic nitrogens is 2. The third-order valence-electron chi connectivity index (χ3n) is 4.18. The quantitative estimate of drug-likeness (QED) is 0.790. The summed E-state index contributed by atoms with van der Waals surface area (Å²) in [5, 5.41) is 12.6. The van der Waals surface area contributed by atoms with E-state index in [1.807, 2.05) is 34.6 Å². The summed E-state index contributed by atoms with van der Waals surface area (Å²) >= 11 is 3.35. The molecule has 2 heterocycles. The monoisotopic (exact) mass is 414 g/mol. The molecule has 0 spiro atoms. The van der Waals surface area contributed by atoms with Gasteiger partial charge in [-0.3, -0.25) is 0 Å². The number of nitrogens with zero attached hydrogens (tertiary/aromatic N) is 3. The molecular formula is C17H27BrN4O3. The predicted octanol–water partition coefficient (Wildman–Crippen LogP) is 2.92. The van der Waals surface area contributed by atoms with Gasteiger partial charge in [-0.1, -0.05) is 0 Å². The van der Waals surface area contributed by atoms with E-state index in [1.165, 1.54) is 0 Å². The Morgan fingerprint density at radius 3 is 2.48 bits per heavy atom. The molecule has 1 fully saturated rings. The Morgan fingerprint density at radius 1 is 1.36 bits per heavy atom. The fourth-order valence-corrected chi connectivity index (χ4v) is 3.07. The Morgan fingerprint density at radius 2 is 1.96 bits per heavy atom. The van der Waals surface area contributed by atoms with Crippen LogP contribution in [-0.2, 0) is 11.3 Å². The summed E-state index contributed by atoms with van der Waals surface area (Å²) in [7, 11) is 0. The highest BCUT2D eigenvalue weighted by molar-refractivity contribution is 9.10. The summed E-state index contributed by atoms with van der Waals surface area (Å²) in [5.41, 5.74) is 0.506. The smallest absolute Gasteiger partial charge is 0.408 e. The number of nitrogens with one attached hydrogen (secondary N) is 1. The van der Waals surface area contributed by atoms with Crippen LogP contribution in [0.5, 0.6) is 0 Å². The first-order chi connectivity index (χ1) is 11.5. The van der Waals surface area contributed by atoms with E-state index in [0.717, 1.165) is 31.6 Å². The molecule has 25 heavy (non-hydrogen) atoms. The first-order valence-corrected chi connectivity index (χ1v) is 9.22. The van der Waals surface area contributed by atoms with Crippen LogP contribution in [0.25, 0.3) is 0 Å². The van der Waals surface area contributed by atoms with Gasteiger partial charge in [0, 0.05) is 18.6 Å². The molecule has 1 amide bonds. The molecule has 7 nitrogen and oxygen atoms in total. The Balaban J connectivity index is 2.04. The molecule has 0 saturated carbocycles. The van der Waals surface area contributed by atoms with E-state index in [1.54, 1.807) is 0 Å². The molecule has 0 aliphatic carbocycles. The minimum atomic E-state index is -0.512. The van der Waals surface area contributed by atoms with Crippen molar-refractivity contribution in [3.05, 3.63) is 16.0 Å². The van der Waals surface area contributed by atoms with Crippen molar-refractivity contribution < 1.29 is 14.6 Å². The van der Waals surface area contributed by atoms with E-state index >= 15 is 0 Å². The van der Waals surface area contributed by atoms with Crippen molar-refractivity contribution in [2.45, 2.75) is 65.2 Å². The number of piperidine rings is 1. The molecule has 140 valence electrons. The topological polar surface area (TPSA) is 87.6 Å². The standard InChI is InChI=1S/C17H27BrN4O3/c1-11-13(18)20-12(10-23)14(19-11)22-8-6-17(5,7-9-22)21-15(24)25-16(2,3)4/h23H,6-10H2,1-5H3,(H,21,24). The predicted molar refractivity (Wildman–Crippen MR) is 99.6 cm³/mol.